The first-order chi connectivity index (χ1) is 12.4. The molecule has 0 aliphatic carbocycles. The average molecular weight is 418 g/mol. The molecule has 3 aromatic rings. The van der Waals surface area contributed by atoms with Crippen molar-refractivity contribution in [2.75, 3.05) is 0 Å². The third kappa shape index (κ3) is 4.13. The summed E-state index contributed by atoms with van der Waals surface area (Å²) >= 11 is 3.38. The highest BCUT2D eigenvalue weighted by atomic mass is 79.9. The van der Waals surface area contributed by atoms with E-state index in [0.717, 1.165) is 15.6 Å². The van der Waals surface area contributed by atoms with Crippen molar-refractivity contribution in [3.05, 3.63) is 64.4 Å². The SMILES string of the molecule is CC(NC(=O)C(C)n1nnc(-c2ccc(Br)cc2)n1)c1ccc(F)cc1. The lowest BCUT2D eigenvalue weighted by atomic mass is 10.1. The summed E-state index contributed by atoms with van der Waals surface area (Å²) in [5.74, 6) is -0.113. The minimum absolute atomic E-state index is 0.249. The largest absolute Gasteiger partial charge is 0.348 e. The van der Waals surface area contributed by atoms with E-state index in [1.807, 2.05) is 31.2 Å². The quantitative estimate of drug-likeness (QED) is 0.686. The minimum Gasteiger partial charge on any atom is -0.348 e. The van der Waals surface area contributed by atoms with Gasteiger partial charge in [0.1, 0.15) is 11.9 Å². The van der Waals surface area contributed by atoms with Crippen molar-refractivity contribution in [2.45, 2.75) is 25.9 Å². The maximum absolute atomic E-state index is 13.0. The van der Waals surface area contributed by atoms with Gasteiger partial charge in [-0.25, -0.2) is 4.39 Å². The molecular formula is C18H17BrFN5O. The van der Waals surface area contributed by atoms with Crippen LogP contribution in [-0.4, -0.2) is 26.1 Å². The zero-order valence-electron chi connectivity index (χ0n) is 14.2. The first-order valence-electron chi connectivity index (χ1n) is 8.05. The van der Waals surface area contributed by atoms with Crippen molar-refractivity contribution in [3.63, 3.8) is 0 Å². The molecule has 3 rings (SSSR count). The minimum atomic E-state index is -0.630. The summed E-state index contributed by atoms with van der Waals surface area (Å²) in [4.78, 5) is 13.7. The number of benzene rings is 2. The second kappa shape index (κ2) is 7.74. The molecule has 0 spiro atoms. The molecule has 8 heteroatoms. The maximum Gasteiger partial charge on any atom is 0.246 e. The summed E-state index contributed by atoms with van der Waals surface area (Å²) in [5, 5.41) is 15.2. The molecule has 1 amide bonds. The zero-order valence-corrected chi connectivity index (χ0v) is 15.8. The van der Waals surface area contributed by atoms with Crippen LogP contribution in [0, 0.1) is 5.82 Å². The van der Waals surface area contributed by atoms with Gasteiger partial charge in [0.05, 0.1) is 6.04 Å². The van der Waals surface area contributed by atoms with Crippen LogP contribution in [-0.2, 0) is 4.79 Å². The Balaban J connectivity index is 1.68. The van der Waals surface area contributed by atoms with E-state index in [9.17, 15) is 9.18 Å². The molecule has 134 valence electrons. The summed E-state index contributed by atoms with van der Waals surface area (Å²) in [6, 6.07) is 12.6. The molecule has 0 fully saturated rings. The molecule has 26 heavy (non-hydrogen) atoms. The van der Waals surface area contributed by atoms with E-state index in [2.05, 4.69) is 36.7 Å². The van der Waals surface area contributed by atoms with Crippen molar-refractivity contribution in [1.29, 1.82) is 0 Å². The second-order valence-electron chi connectivity index (χ2n) is 5.90. The Bertz CT molecular complexity index is 895. The van der Waals surface area contributed by atoms with Gasteiger partial charge in [0.15, 0.2) is 0 Å². The highest BCUT2D eigenvalue weighted by molar-refractivity contribution is 9.10. The predicted molar refractivity (Wildman–Crippen MR) is 98.6 cm³/mol. The highest BCUT2D eigenvalue weighted by Gasteiger charge is 2.20. The Hall–Kier alpha value is -2.61. The monoisotopic (exact) mass is 417 g/mol. The van der Waals surface area contributed by atoms with Crippen LogP contribution >= 0.6 is 15.9 Å². The normalized spacial score (nSPS) is 13.2. The topological polar surface area (TPSA) is 72.7 Å². The lowest BCUT2D eigenvalue weighted by Gasteiger charge is -2.17. The van der Waals surface area contributed by atoms with E-state index in [4.69, 9.17) is 0 Å². The Labute approximate surface area is 158 Å². The van der Waals surface area contributed by atoms with E-state index < -0.39 is 6.04 Å². The molecule has 2 aromatic carbocycles. The summed E-state index contributed by atoms with van der Waals surface area (Å²) < 4.78 is 14.0. The van der Waals surface area contributed by atoms with Crippen LogP contribution in [0.25, 0.3) is 11.4 Å². The van der Waals surface area contributed by atoms with Crippen molar-refractivity contribution >= 4 is 21.8 Å². The third-order valence-electron chi connectivity index (χ3n) is 3.99. The lowest BCUT2D eigenvalue weighted by Crippen LogP contribution is -2.34. The highest BCUT2D eigenvalue weighted by Crippen LogP contribution is 2.19. The smallest absolute Gasteiger partial charge is 0.246 e. The van der Waals surface area contributed by atoms with Gasteiger partial charge in [0, 0.05) is 10.0 Å². The van der Waals surface area contributed by atoms with Crippen LogP contribution in [0.4, 0.5) is 4.39 Å². The maximum atomic E-state index is 13.0. The molecule has 0 radical (unpaired) electrons. The molecule has 0 saturated carbocycles. The molecule has 1 aromatic heterocycles. The fourth-order valence-corrected chi connectivity index (χ4v) is 2.64. The lowest BCUT2D eigenvalue weighted by molar-refractivity contribution is -0.125. The second-order valence-corrected chi connectivity index (χ2v) is 6.81. The van der Waals surface area contributed by atoms with Crippen molar-refractivity contribution in [2.24, 2.45) is 0 Å². The first kappa shape index (κ1) is 18.2. The Morgan fingerprint density at radius 3 is 2.42 bits per heavy atom. The van der Waals surface area contributed by atoms with Crippen LogP contribution in [0.2, 0.25) is 0 Å². The van der Waals surface area contributed by atoms with E-state index >= 15 is 0 Å². The number of nitrogens with zero attached hydrogens (tertiary/aromatic N) is 4. The molecular weight excluding hydrogens is 401 g/mol. The van der Waals surface area contributed by atoms with Crippen LogP contribution in [0.3, 0.4) is 0 Å². The van der Waals surface area contributed by atoms with Crippen molar-refractivity contribution in [3.8, 4) is 11.4 Å². The number of rotatable bonds is 5. The number of aromatic nitrogens is 4. The van der Waals surface area contributed by atoms with Gasteiger partial charge in [-0.2, -0.15) is 4.80 Å². The Kier molecular flexibility index (Phi) is 5.41. The predicted octanol–water partition coefficient (Wildman–Crippen LogP) is 3.68. The Morgan fingerprint density at radius 2 is 1.77 bits per heavy atom. The van der Waals surface area contributed by atoms with Gasteiger partial charge in [-0.3, -0.25) is 4.79 Å². The fourth-order valence-electron chi connectivity index (χ4n) is 2.38. The van der Waals surface area contributed by atoms with Crippen LogP contribution in [0.5, 0.6) is 0 Å². The molecule has 0 aliphatic heterocycles. The number of hydrogen-bond donors (Lipinski definition) is 1. The van der Waals surface area contributed by atoms with Gasteiger partial charge in [-0.05, 0) is 61.0 Å². The summed E-state index contributed by atoms with van der Waals surface area (Å²) in [6.07, 6.45) is 0. The standard InChI is InChI=1S/C18H17BrFN5O/c1-11(13-5-9-16(20)10-6-13)21-18(26)12(2)25-23-17(22-24-25)14-3-7-15(19)8-4-14/h3-12H,1-2H3,(H,21,26). The molecule has 0 aliphatic rings. The third-order valence-corrected chi connectivity index (χ3v) is 4.51. The van der Waals surface area contributed by atoms with Gasteiger partial charge in [-0.15, -0.1) is 10.2 Å². The van der Waals surface area contributed by atoms with Crippen molar-refractivity contribution < 1.29 is 9.18 Å². The zero-order chi connectivity index (χ0) is 18.7. The summed E-state index contributed by atoms with van der Waals surface area (Å²) in [5.41, 5.74) is 1.63. The fraction of sp³-hybridized carbons (Fsp3) is 0.222. The molecule has 0 bridgehead atoms. The van der Waals surface area contributed by atoms with Crippen LogP contribution < -0.4 is 5.32 Å². The van der Waals surface area contributed by atoms with E-state index in [1.165, 1.54) is 16.9 Å². The molecule has 1 heterocycles. The molecule has 2 atom stereocenters. The number of halogens is 2. The van der Waals surface area contributed by atoms with E-state index in [-0.39, 0.29) is 17.8 Å². The van der Waals surface area contributed by atoms with Gasteiger partial charge >= 0.3 is 0 Å². The molecule has 1 N–H and O–H groups in total. The molecule has 0 saturated heterocycles. The number of tetrazole rings is 1. The number of carbonyl (C=O) groups excluding carboxylic acids is 1. The first-order valence-corrected chi connectivity index (χ1v) is 8.84. The Morgan fingerprint density at radius 1 is 1.12 bits per heavy atom. The van der Waals surface area contributed by atoms with E-state index in [0.29, 0.717) is 5.82 Å². The number of carbonyl (C=O) groups is 1. The van der Waals surface area contributed by atoms with Gasteiger partial charge in [-0.1, -0.05) is 28.1 Å². The van der Waals surface area contributed by atoms with Gasteiger partial charge in [0.2, 0.25) is 11.7 Å². The van der Waals surface area contributed by atoms with Crippen LogP contribution in [0.1, 0.15) is 31.5 Å². The van der Waals surface area contributed by atoms with Gasteiger partial charge < -0.3 is 5.32 Å². The number of amides is 1. The van der Waals surface area contributed by atoms with E-state index in [1.54, 1.807) is 19.1 Å². The van der Waals surface area contributed by atoms with Crippen LogP contribution in [0.15, 0.2) is 53.0 Å². The average Bonchev–Trinajstić information content (AvgIpc) is 3.12. The summed E-state index contributed by atoms with van der Waals surface area (Å²) in [7, 11) is 0. The number of nitrogens with one attached hydrogen (secondary N) is 1. The summed E-state index contributed by atoms with van der Waals surface area (Å²) in [6.45, 7) is 3.53. The molecule has 6 nitrogen and oxygen atoms in total. The van der Waals surface area contributed by atoms with Gasteiger partial charge in [0.25, 0.3) is 0 Å². The number of hydrogen-bond acceptors (Lipinski definition) is 4. The molecule has 2 unspecified atom stereocenters. The van der Waals surface area contributed by atoms with Crippen molar-refractivity contribution in [1.82, 2.24) is 25.5 Å².